The summed E-state index contributed by atoms with van der Waals surface area (Å²) in [6.07, 6.45) is 2.67. The van der Waals surface area contributed by atoms with Crippen molar-refractivity contribution in [1.82, 2.24) is 25.9 Å². The summed E-state index contributed by atoms with van der Waals surface area (Å²) >= 11 is 0. The normalized spacial score (nSPS) is 11.1. The molecular weight excluding hydrogens is 586 g/mol. The highest BCUT2D eigenvalue weighted by Crippen LogP contribution is 2.34. The van der Waals surface area contributed by atoms with E-state index in [2.05, 4.69) is 36.6 Å². The molecule has 12 heteroatoms. The number of carbonyl (C=O) groups excluding carboxylic acids is 2. The molecule has 0 spiro atoms. The molecule has 0 atom stereocenters. The lowest BCUT2D eigenvalue weighted by atomic mass is 9.94. The standard InChI is InChI=1S/C34H41N7O5/c1-22-25(6-3-9-28(22)40-33(45)30-12-11-24(21-39-30)20-35-14-17-42)26-7-4-10-29(23(26)2)41-34(46)31-27(8-5-13-36-31)32(37-15-18-43)38-16-19-44/h3-13,21,32,35,37-38,42-44H,14-20H2,1-2H3,(H,40,45)(H,41,46). The van der Waals surface area contributed by atoms with Gasteiger partial charge in [0.1, 0.15) is 11.4 Å². The molecule has 2 heterocycles. The van der Waals surface area contributed by atoms with Crippen molar-refractivity contribution in [2.24, 2.45) is 0 Å². The van der Waals surface area contributed by atoms with Gasteiger partial charge < -0.3 is 31.3 Å². The molecule has 0 saturated heterocycles. The molecule has 0 saturated carbocycles. The number of rotatable bonds is 16. The predicted molar refractivity (Wildman–Crippen MR) is 177 cm³/mol. The van der Waals surface area contributed by atoms with E-state index in [-0.39, 0.29) is 50.2 Å². The second-order valence-corrected chi connectivity index (χ2v) is 10.5. The molecule has 0 fully saturated rings. The first kappa shape index (κ1) is 34.3. The molecule has 46 heavy (non-hydrogen) atoms. The molecule has 12 nitrogen and oxygen atoms in total. The Bertz CT molecular complexity index is 1610. The third kappa shape index (κ3) is 8.79. The molecule has 0 aliphatic rings. The lowest BCUT2D eigenvalue weighted by molar-refractivity contribution is 0.101. The highest BCUT2D eigenvalue weighted by molar-refractivity contribution is 6.05. The van der Waals surface area contributed by atoms with Crippen LogP contribution in [0.3, 0.4) is 0 Å². The van der Waals surface area contributed by atoms with Crippen LogP contribution in [0.2, 0.25) is 0 Å². The van der Waals surface area contributed by atoms with Crippen molar-refractivity contribution < 1.29 is 24.9 Å². The summed E-state index contributed by atoms with van der Waals surface area (Å²) in [5.41, 5.74) is 6.69. The van der Waals surface area contributed by atoms with Crippen molar-refractivity contribution in [3.05, 3.63) is 107 Å². The van der Waals surface area contributed by atoms with Gasteiger partial charge in [-0.05, 0) is 65.9 Å². The molecule has 2 amide bonds. The maximum absolute atomic E-state index is 13.6. The maximum Gasteiger partial charge on any atom is 0.274 e. The van der Waals surface area contributed by atoms with Crippen molar-refractivity contribution in [3.8, 4) is 11.1 Å². The zero-order chi connectivity index (χ0) is 32.9. The topological polar surface area (TPSA) is 181 Å². The van der Waals surface area contributed by atoms with Gasteiger partial charge in [0.05, 0.1) is 26.0 Å². The number of hydrogen-bond donors (Lipinski definition) is 8. The number of anilines is 2. The Morgan fingerprint density at radius 3 is 1.89 bits per heavy atom. The van der Waals surface area contributed by atoms with Gasteiger partial charge in [-0.1, -0.05) is 36.4 Å². The van der Waals surface area contributed by atoms with Crippen molar-refractivity contribution >= 4 is 23.2 Å². The second-order valence-electron chi connectivity index (χ2n) is 10.5. The highest BCUT2D eigenvalue weighted by atomic mass is 16.3. The van der Waals surface area contributed by atoms with E-state index in [1.54, 1.807) is 30.6 Å². The van der Waals surface area contributed by atoms with E-state index in [0.29, 0.717) is 30.0 Å². The molecule has 0 aliphatic carbocycles. The van der Waals surface area contributed by atoms with Crippen LogP contribution in [0.15, 0.2) is 73.1 Å². The predicted octanol–water partition coefficient (Wildman–Crippen LogP) is 2.51. The number of aliphatic hydroxyl groups excluding tert-OH is 3. The van der Waals surface area contributed by atoms with Gasteiger partial charge in [0, 0.05) is 55.5 Å². The number of hydrogen-bond acceptors (Lipinski definition) is 10. The fourth-order valence-electron chi connectivity index (χ4n) is 5.02. The van der Waals surface area contributed by atoms with Crippen LogP contribution in [0.25, 0.3) is 11.1 Å². The van der Waals surface area contributed by atoms with Crippen LogP contribution in [0.1, 0.15) is 49.4 Å². The molecule has 2 aromatic heterocycles. The van der Waals surface area contributed by atoms with Crippen LogP contribution in [0, 0.1) is 13.8 Å². The van der Waals surface area contributed by atoms with Gasteiger partial charge in [0.25, 0.3) is 11.8 Å². The molecule has 242 valence electrons. The van der Waals surface area contributed by atoms with Gasteiger partial charge >= 0.3 is 0 Å². The van der Waals surface area contributed by atoms with Gasteiger partial charge in [-0.3, -0.25) is 30.2 Å². The van der Waals surface area contributed by atoms with Crippen LogP contribution >= 0.6 is 0 Å². The first-order valence-corrected chi connectivity index (χ1v) is 15.1. The van der Waals surface area contributed by atoms with E-state index < -0.39 is 12.1 Å². The molecule has 4 aromatic rings. The minimum absolute atomic E-state index is 0.0481. The van der Waals surface area contributed by atoms with Crippen LogP contribution in [-0.4, -0.2) is 76.6 Å². The molecule has 2 aromatic carbocycles. The SMILES string of the molecule is Cc1c(NC(=O)c2ccc(CNCCO)cn2)cccc1-c1cccc(NC(=O)c2ncccc2C(NCCO)NCCO)c1C. The Kier molecular flexibility index (Phi) is 12.8. The first-order chi connectivity index (χ1) is 22.4. The van der Waals surface area contributed by atoms with Crippen LogP contribution < -0.4 is 26.6 Å². The Morgan fingerprint density at radius 2 is 1.33 bits per heavy atom. The van der Waals surface area contributed by atoms with E-state index in [9.17, 15) is 19.8 Å². The molecule has 0 radical (unpaired) electrons. The van der Waals surface area contributed by atoms with Crippen LogP contribution in [-0.2, 0) is 6.54 Å². The Balaban J connectivity index is 1.54. The van der Waals surface area contributed by atoms with E-state index in [4.69, 9.17) is 5.11 Å². The van der Waals surface area contributed by atoms with Gasteiger partial charge in [-0.25, -0.2) is 0 Å². The number of nitrogens with one attached hydrogen (secondary N) is 5. The van der Waals surface area contributed by atoms with E-state index in [0.717, 1.165) is 27.8 Å². The first-order valence-electron chi connectivity index (χ1n) is 15.1. The summed E-state index contributed by atoms with van der Waals surface area (Å²) in [6.45, 7) is 5.30. The summed E-state index contributed by atoms with van der Waals surface area (Å²) in [4.78, 5) is 35.2. The fraction of sp³-hybridized carbons (Fsp3) is 0.294. The molecule has 0 unspecified atom stereocenters. The smallest absolute Gasteiger partial charge is 0.274 e. The Morgan fingerprint density at radius 1 is 0.717 bits per heavy atom. The number of nitrogens with zero attached hydrogens (tertiary/aromatic N) is 2. The summed E-state index contributed by atoms with van der Waals surface area (Å²) < 4.78 is 0. The molecular formula is C34H41N7O5. The average molecular weight is 628 g/mol. The zero-order valence-corrected chi connectivity index (χ0v) is 26.0. The number of benzene rings is 2. The van der Waals surface area contributed by atoms with E-state index in [1.165, 1.54) is 0 Å². The third-order valence-electron chi connectivity index (χ3n) is 7.41. The molecule has 8 N–H and O–H groups in total. The third-order valence-corrected chi connectivity index (χ3v) is 7.41. The van der Waals surface area contributed by atoms with Gasteiger partial charge in [0.2, 0.25) is 0 Å². The minimum atomic E-state index is -0.510. The van der Waals surface area contributed by atoms with E-state index >= 15 is 0 Å². The number of aliphatic hydroxyl groups is 3. The maximum atomic E-state index is 13.6. The minimum Gasteiger partial charge on any atom is -0.395 e. The number of carbonyl (C=O) groups is 2. The quantitative estimate of drug-likeness (QED) is 0.0679. The number of pyridine rings is 2. The van der Waals surface area contributed by atoms with Crippen LogP contribution in [0.5, 0.6) is 0 Å². The lowest BCUT2D eigenvalue weighted by Crippen LogP contribution is -2.38. The van der Waals surface area contributed by atoms with Crippen LogP contribution in [0.4, 0.5) is 11.4 Å². The van der Waals surface area contributed by atoms with Crippen molar-refractivity contribution in [2.75, 3.05) is 50.1 Å². The van der Waals surface area contributed by atoms with Crippen molar-refractivity contribution in [2.45, 2.75) is 26.6 Å². The number of amides is 2. The van der Waals surface area contributed by atoms with Gasteiger partial charge in [-0.15, -0.1) is 0 Å². The van der Waals surface area contributed by atoms with Gasteiger partial charge in [-0.2, -0.15) is 0 Å². The average Bonchev–Trinajstić information content (AvgIpc) is 3.07. The monoisotopic (exact) mass is 627 g/mol. The summed E-state index contributed by atoms with van der Waals surface area (Å²) in [5.74, 6) is -0.739. The summed E-state index contributed by atoms with van der Waals surface area (Å²) in [5, 5.41) is 42.9. The van der Waals surface area contributed by atoms with Crippen molar-refractivity contribution in [1.29, 1.82) is 0 Å². The Hall–Kier alpha value is -4.56. The fourth-order valence-corrected chi connectivity index (χ4v) is 5.02. The van der Waals surface area contributed by atoms with Crippen molar-refractivity contribution in [3.63, 3.8) is 0 Å². The van der Waals surface area contributed by atoms with E-state index in [1.807, 2.05) is 56.3 Å². The number of aromatic nitrogens is 2. The molecule has 0 bridgehead atoms. The highest BCUT2D eigenvalue weighted by Gasteiger charge is 2.21. The Labute approximate surface area is 268 Å². The summed E-state index contributed by atoms with van der Waals surface area (Å²) in [7, 11) is 0. The summed E-state index contributed by atoms with van der Waals surface area (Å²) in [6, 6.07) is 18.3. The van der Waals surface area contributed by atoms with Gasteiger partial charge in [0.15, 0.2) is 0 Å². The second kappa shape index (κ2) is 17.2. The molecule has 0 aliphatic heterocycles. The zero-order valence-electron chi connectivity index (χ0n) is 26.0. The lowest BCUT2D eigenvalue weighted by Gasteiger charge is -2.22. The molecule has 4 rings (SSSR count). The largest absolute Gasteiger partial charge is 0.395 e.